The Kier molecular flexibility index (Phi) is 20.0. The van der Waals surface area contributed by atoms with Gasteiger partial charge in [0.25, 0.3) is 11.8 Å². The number of likely N-dealkylation sites (tertiary alicyclic amines) is 2. The van der Waals surface area contributed by atoms with Crippen molar-refractivity contribution in [2.24, 2.45) is 0 Å². The first-order valence-corrected chi connectivity index (χ1v) is 21.5. The lowest BCUT2D eigenvalue weighted by molar-refractivity contribution is -0.151. The van der Waals surface area contributed by atoms with E-state index in [4.69, 9.17) is 28.3 Å². The number of esters is 1. The van der Waals surface area contributed by atoms with Crippen molar-refractivity contribution < 1.29 is 47.4 Å². The van der Waals surface area contributed by atoms with Crippen LogP contribution in [0, 0.1) is 11.6 Å². The number of anilines is 2. The number of rotatable bonds is 16. The zero-order valence-corrected chi connectivity index (χ0v) is 36.5. The summed E-state index contributed by atoms with van der Waals surface area (Å²) in [5.41, 5.74) is 4.99. The molecule has 12 nitrogen and oxygen atoms in total. The number of carboxylic acids is 1. The topological polar surface area (TPSA) is 162 Å². The molecule has 2 aliphatic heterocycles. The third-order valence-corrected chi connectivity index (χ3v) is 11.5. The standard InChI is InChI=1S/C24H26ClFN2O4.C23H24ClFN2O4.CH4/c1-32-24(31)22(29)10-7-16-5-6-17(13-18(16)15-28-11-3-2-4-12-28)23(30)27-19-8-9-20(25)21(26)14-19;24-19-8-7-18(13-20(19)25)26-22(29)16-5-4-15(6-9-21(28)23(30)31)17(12-16)14-27-10-2-1-3-11-27;/h5-6,8-9,13-14H,2-4,7,10-12,15H2,1H3,(H,27,30);4-5,7-8,12-13H,1-3,6,9-11,14H2,(H,26,29)(H,30,31);1H4. The maximum absolute atomic E-state index is 13.7. The van der Waals surface area contributed by atoms with Crippen LogP contribution in [0.3, 0.4) is 0 Å². The van der Waals surface area contributed by atoms with Gasteiger partial charge in [0.2, 0.25) is 11.6 Å². The molecule has 0 bridgehead atoms. The number of ether oxygens (including phenoxy) is 1. The number of amides is 2. The highest BCUT2D eigenvalue weighted by Gasteiger charge is 2.20. The van der Waals surface area contributed by atoms with Crippen LogP contribution in [-0.4, -0.2) is 83.5 Å². The number of methoxy groups -OCH3 is 1. The van der Waals surface area contributed by atoms with Gasteiger partial charge in [-0.05, 0) is 148 Å². The lowest BCUT2D eigenvalue weighted by Crippen LogP contribution is -2.29. The average Bonchev–Trinajstić information content (AvgIpc) is 3.28. The normalized spacial score (nSPS) is 14.0. The molecule has 342 valence electrons. The van der Waals surface area contributed by atoms with Crippen LogP contribution in [-0.2, 0) is 49.8 Å². The van der Waals surface area contributed by atoms with Gasteiger partial charge in [-0.25, -0.2) is 18.4 Å². The molecule has 0 unspecified atom stereocenters. The van der Waals surface area contributed by atoms with E-state index in [0.29, 0.717) is 48.4 Å². The number of aliphatic carboxylic acids is 1. The number of carbonyl (C=O) groups excluding carboxylic acids is 5. The zero-order chi connectivity index (χ0) is 45.5. The van der Waals surface area contributed by atoms with Crippen LogP contribution in [0.5, 0.6) is 0 Å². The summed E-state index contributed by atoms with van der Waals surface area (Å²) < 4.78 is 31.8. The predicted octanol–water partition coefficient (Wildman–Crippen LogP) is 9.33. The van der Waals surface area contributed by atoms with E-state index in [9.17, 15) is 37.5 Å². The van der Waals surface area contributed by atoms with Crippen LogP contribution in [0.4, 0.5) is 20.2 Å². The molecule has 0 spiro atoms. The molecule has 64 heavy (non-hydrogen) atoms. The van der Waals surface area contributed by atoms with Crippen molar-refractivity contribution in [2.75, 3.05) is 43.9 Å². The van der Waals surface area contributed by atoms with E-state index in [1.807, 2.05) is 0 Å². The van der Waals surface area contributed by atoms with Crippen molar-refractivity contribution in [3.63, 3.8) is 0 Å². The van der Waals surface area contributed by atoms with Crippen LogP contribution < -0.4 is 10.6 Å². The number of carbonyl (C=O) groups is 6. The van der Waals surface area contributed by atoms with Gasteiger partial charge in [0.1, 0.15) is 11.6 Å². The zero-order valence-electron chi connectivity index (χ0n) is 35.0. The maximum atomic E-state index is 13.7. The number of piperidine rings is 2. The molecule has 0 atom stereocenters. The van der Waals surface area contributed by atoms with Gasteiger partial charge in [0.05, 0.1) is 17.2 Å². The summed E-state index contributed by atoms with van der Waals surface area (Å²) in [6.07, 6.45) is 7.46. The molecule has 2 amide bonds. The van der Waals surface area contributed by atoms with Gasteiger partial charge in [0.15, 0.2) is 0 Å². The van der Waals surface area contributed by atoms with Crippen molar-refractivity contribution in [2.45, 2.75) is 84.7 Å². The summed E-state index contributed by atoms with van der Waals surface area (Å²) in [6, 6.07) is 18.5. The Morgan fingerprint density at radius 3 is 1.38 bits per heavy atom. The monoisotopic (exact) mass is 922 g/mol. The van der Waals surface area contributed by atoms with Gasteiger partial charge < -0.3 is 20.5 Å². The highest BCUT2D eigenvalue weighted by atomic mass is 35.5. The molecule has 4 aromatic carbocycles. The SMILES string of the molecule is C.COC(=O)C(=O)CCc1ccc(C(=O)Nc2ccc(Cl)c(F)c2)cc1CN1CCCCC1.O=C(O)C(=O)CCc1ccc(C(=O)Nc2ccc(Cl)c(F)c2)cc1CN1CCCCC1. The van der Waals surface area contributed by atoms with Gasteiger partial charge in [-0.3, -0.25) is 29.0 Å². The van der Waals surface area contributed by atoms with Crippen molar-refractivity contribution in [1.29, 1.82) is 0 Å². The Balaban J connectivity index is 0.000000276. The first-order chi connectivity index (χ1) is 30.2. The lowest BCUT2D eigenvalue weighted by atomic mass is 9.97. The molecule has 2 heterocycles. The van der Waals surface area contributed by atoms with E-state index < -0.39 is 41.0 Å². The molecule has 0 aliphatic carbocycles. The number of nitrogens with one attached hydrogen (secondary N) is 2. The number of hydrogen-bond donors (Lipinski definition) is 3. The fourth-order valence-electron chi connectivity index (χ4n) is 7.41. The summed E-state index contributed by atoms with van der Waals surface area (Å²) in [5, 5.41) is 14.1. The maximum Gasteiger partial charge on any atom is 0.374 e. The number of ketones is 2. The molecule has 2 fully saturated rings. The van der Waals surface area contributed by atoms with Crippen LogP contribution >= 0.6 is 23.2 Å². The number of nitrogens with zero attached hydrogens (tertiary/aromatic N) is 2. The molecule has 4 aromatic rings. The minimum atomic E-state index is -1.44. The lowest BCUT2D eigenvalue weighted by Gasteiger charge is -2.27. The minimum Gasteiger partial charge on any atom is -0.476 e. The van der Waals surface area contributed by atoms with Gasteiger partial charge in [-0.1, -0.05) is 55.6 Å². The number of benzene rings is 4. The Hall–Kier alpha value is -5.54. The second-order valence-corrected chi connectivity index (χ2v) is 16.3. The summed E-state index contributed by atoms with van der Waals surface area (Å²) in [7, 11) is 1.18. The van der Waals surface area contributed by atoms with E-state index in [1.54, 1.807) is 36.4 Å². The first kappa shape index (κ1) is 51.1. The van der Waals surface area contributed by atoms with Crippen LogP contribution in [0.15, 0.2) is 72.8 Å². The van der Waals surface area contributed by atoms with Gasteiger partial charge >= 0.3 is 11.9 Å². The Bertz CT molecular complexity index is 2320. The highest BCUT2D eigenvalue weighted by Crippen LogP contribution is 2.25. The number of carboxylic acid groups (broad SMARTS) is 1. The molecule has 2 aliphatic rings. The summed E-state index contributed by atoms with van der Waals surface area (Å²) >= 11 is 11.4. The fraction of sp³-hybridized carbons (Fsp3) is 0.375. The average molecular weight is 924 g/mol. The molecule has 6 rings (SSSR count). The van der Waals surface area contributed by atoms with E-state index in [-0.39, 0.29) is 36.2 Å². The van der Waals surface area contributed by atoms with Gasteiger partial charge in [-0.2, -0.15) is 0 Å². The summed E-state index contributed by atoms with van der Waals surface area (Å²) in [4.78, 5) is 75.8. The van der Waals surface area contributed by atoms with E-state index >= 15 is 0 Å². The van der Waals surface area contributed by atoms with Crippen LogP contribution in [0.2, 0.25) is 10.0 Å². The third kappa shape index (κ3) is 15.3. The quantitative estimate of drug-likeness (QED) is 0.0730. The summed E-state index contributed by atoms with van der Waals surface area (Å²) in [5.74, 6) is -5.71. The van der Waals surface area contributed by atoms with Crippen LogP contribution in [0.25, 0.3) is 0 Å². The second kappa shape index (κ2) is 25.1. The smallest absolute Gasteiger partial charge is 0.374 e. The van der Waals surface area contributed by atoms with E-state index in [0.717, 1.165) is 80.2 Å². The first-order valence-electron chi connectivity index (χ1n) is 20.8. The van der Waals surface area contributed by atoms with E-state index in [1.165, 1.54) is 50.3 Å². The molecule has 0 saturated carbocycles. The van der Waals surface area contributed by atoms with Crippen molar-refractivity contribution in [1.82, 2.24) is 9.80 Å². The van der Waals surface area contributed by atoms with Crippen molar-refractivity contribution in [3.8, 4) is 0 Å². The third-order valence-electron chi connectivity index (χ3n) is 10.9. The number of aryl methyl sites for hydroxylation is 2. The Morgan fingerprint density at radius 2 is 1.00 bits per heavy atom. The second-order valence-electron chi connectivity index (χ2n) is 15.4. The molecular weight excluding hydrogens is 869 g/mol. The molecule has 0 aromatic heterocycles. The van der Waals surface area contributed by atoms with Gasteiger partial charge in [0, 0.05) is 48.4 Å². The van der Waals surface area contributed by atoms with Gasteiger partial charge in [-0.15, -0.1) is 0 Å². The minimum absolute atomic E-state index is 0. The van der Waals surface area contributed by atoms with Crippen molar-refractivity contribution >= 4 is 69.9 Å². The number of Topliss-reactive ketones (excluding diaryl/α,β-unsaturated/α-hetero) is 2. The van der Waals surface area contributed by atoms with Crippen LogP contribution in [0.1, 0.15) is 102 Å². The molecular formula is C48H54Cl2F2N4O8. The molecule has 2 saturated heterocycles. The number of hydrogen-bond acceptors (Lipinski definition) is 9. The molecule has 16 heteroatoms. The largest absolute Gasteiger partial charge is 0.476 e. The molecule has 0 radical (unpaired) electrons. The Morgan fingerprint density at radius 1 is 0.594 bits per heavy atom. The Labute approximate surface area is 382 Å². The highest BCUT2D eigenvalue weighted by molar-refractivity contribution is 6.33. The predicted molar refractivity (Wildman–Crippen MR) is 243 cm³/mol. The van der Waals surface area contributed by atoms with E-state index in [2.05, 4.69) is 25.2 Å². The van der Waals surface area contributed by atoms with Crippen molar-refractivity contribution in [3.05, 3.63) is 128 Å². The number of halogens is 4. The molecule has 3 N–H and O–H groups in total. The summed E-state index contributed by atoms with van der Waals surface area (Å²) in [6.45, 7) is 5.12. The fourth-order valence-corrected chi connectivity index (χ4v) is 7.64.